The number of fused-ring (bicyclic) bond motifs is 1. The number of amides is 3. The largest absolute Gasteiger partial charge is 0.479 e. The zero-order valence-corrected chi connectivity index (χ0v) is 18.6. The van der Waals surface area contributed by atoms with Crippen molar-refractivity contribution < 1.29 is 39.0 Å². The normalized spacial score (nSPS) is 19.8. The Bertz CT molecular complexity index is 1110. The van der Waals surface area contributed by atoms with Crippen LogP contribution in [-0.2, 0) is 28.8 Å². The van der Waals surface area contributed by atoms with Crippen LogP contribution < -0.4 is 10.6 Å². The van der Waals surface area contributed by atoms with Crippen LogP contribution in [0.2, 0.25) is 0 Å². The van der Waals surface area contributed by atoms with E-state index < -0.39 is 53.4 Å². The van der Waals surface area contributed by atoms with Gasteiger partial charge in [-0.05, 0) is 5.57 Å². The van der Waals surface area contributed by atoms with Gasteiger partial charge < -0.3 is 25.7 Å². The molecule has 1 aromatic heterocycles. The average Bonchev–Trinajstić information content (AvgIpc) is 3.20. The maximum absolute atomic E-state index is 12.9. The first-order chi connectivity index (χ1) is 15.6. The van der Waals surface area contributed by atoms with Crippen molar-refractivity contribution in [2.24, 2.45) is 5.16 Å². The molecule has 174 valence electrons. The summed E-state index contributed by atoms with van der Waals surface area (Å²) in [5.41, 5.74) is -0.245. The van der Waals surface area contributed by atoms with E-state index in [9.17, 15) is 29.1 Å². The summed E-state index contributed by atoms with van der Waals surface area (Å²) >= 11 is 2.24. The topological polar surface area (TPSA) is 188 Å². The number of aromatic nitrogens is 1. The molecule has 2 aliphatic rings. The summed E-state index contributed by atoms with van der Waals surface area (Å²) in [6.45, 7) is 4.01. The molecule has 0 saturated carbocycles. The molecule has 0 unspecified atom stereocenters. The lowest BCUT2D eigenvalue weighted by Gasteiger charge is -2.49. The van der Waals surface area contributed by atoms with Gasteiger partial charge in [0.05, 0.1) is 0 Å². The molecule has 1 saturated heterocycles. The number of hydrogen-bond acceptors (Lipinski definition) is 10. The van der Waals surface area contributed by atoms with Crippen molar-refractivity contribution in [1.82, 2.24) is 15.2 Å². The Balaban J connectivity index is 1.81. The lowest BCUT2D eigenvalue weighted by molar-refractivity contribution is -0.150. The van der Waals surface area contributed by atoms with Crippen molar-refractivity contribution in [2.45, 2.75) is 18.3 Å². The van der Waals surface area contributed by atoms with E-state index in [4.69, 9.17) is 5.11 Å². The van der Waals surface area contributed by atoms with Crippen molar-refractivity contribution >= 4 is 63.6 Å². The Kier molecular flexibility index (Phi) is 7.13. The molecule has 0 radical (unpaired) electrons. The van der Waals surface area contributed by atoms with Gasteiger partial charge in [0.2, 0.25) is 12.5 Å². The molecule has 0 aromatic carbocycles. The van der Waals surface area contributed by atoms with Crippen LogP contribution in [0, 0.1) is 0 Å². The van der Waals surface area contributed by atoms with Crippen molar-refractivity contribution in [1.29, 1.82) is 0 Å². The van der Waals surface area contributed by atoms with Crippen molar-refractivity contribution in [3.8, 4) is 0 Å². The highest BCUT2D eigenvalue weighted by molar-refractivity contribution is 8.00. The van der Waals surface area contributed by atoms with Crippen LogP contribution in [0.25, 0.3) is 0 Å². The molecule has 3 rings (SSSR count). The minimum Gasteiger partial charge on any atom is -0.479 e. The Morgan fingerprint density at radius 2 is 2.12 bits per heavy atom. The maximum Gasteiger partial charge on any atom is 0.352 e. The number of nitrogens with zero attached hydrogens (tertiary/aromatic N) is 3. The van der Waals surface area contributed by atoms with Crippen molar-refractivity contribution in [3.05, 3.63) is 35.0 Å². The van der Waals surface area contributed by atoms with E-state index in [1.807, 2.05) is 0 Å². The Hall–Kier alpha value is -3.72. The number of nitrogens with one attached hydrogen (secondary N) is 2. The standard InChI is InChI=1S/C18H17N5O8S2/c1-3-8-5-32-16-12(15(28)23(16)13(8)17(29)30)21-14(27)11(22-31-4-10(25)26)9-6-33-18(20-9)19-7(2)24/h3,6,12,16H,1,4-5H2,2H3,(H,21,27)(H,25,26)(H,29,30)(H,19,20,24)/b22-11+/t12-,16-/m0/s1. The summed E-state index contributed by atoms with van der Waals surface area (Å²) in [5, 5.41) is 27.6. The number of carbonyl (C=O) groups excluding carboxylic acids is 3. The lowest BCUT2D eigenvalue weighted by atomic mass is 10.0. The monoisotopic (exact) mass is 495 g/mol. The Morgan fingerprint density at radius 3 is 2.73 bits per heavy atom. The summed E-state index contributed by atoms with van der Waals surface area (Å²) in [4.78, 5) is 68.9. The van der Waals surface area contributed by atoms with E-state index in [-0.39, 0.29) is 22.3 Å². The van der Waals surface area contributed by atoms with Gasteiger partial charge in [-0.2, -0.15) is 0 Å². The molecule has 2 atom stereocenters. The van der Waals surface area contributed by atoms with Gasteiger partial charge in [-0.25, -0.2) is 14.6 Å². The number of carboxylic acid groups (broad SMARTS) is 2. The molecule has 1 fully saturated rings. The van der Waals surface area contributed by atoms with Gasteiger partial charge in [-0.3, -0.25) is 19.3 Å². The quantitative estimate of drug-likeness (QED) is 0.203. The molecule has 33 heavy (non-hydrogen) atoms. The third-order valence-corrected chi connectivity index (χ3v) is 6.38. The first-order valence-corrected chi connectivity index (χ1v) is 11.1. The number of carboxylic acids is 2. The highest BCUT2D eigenvalue weighted by Gasteiger charge is 2.54. The van der Waals surface area contributed by atoms with Crippen LogP contribution in [0.3, 0.4) is 0 Å². The molecule has 4 N–H and O–H groups in total. The number of β-lactam (4-membered cyclic amide) rings is 1. The number of allylic oxidation sites excluding steroid dienone is 1. The van der Waals surface area contributed by atoms with Crippen LogP contribution in [0.15, 0.2) is 34.5 Å². The van der Waals surface area contributed by atoms with Gasteiger partial charge in [0.25, 0.3) is 11.8 Å². The number of anilines is 1. The zero-order valence-electron chi connectivity index (χ0n) is 16.9. The molecule has 3 amide bonds. The second kappa shape index (κ2) is 9.83. The van der Waals surface area contributed by atoms with Crippen LogP contribution in [-0.4, -0.2) is 79.2 Å². The molecule has 13 nitrogen and oxygen atoms in total. The van der Waals surface area contributed by atoms with E-state index in [2.05, 4.69) is 32.2 Å². The van der Waals surface area contributed by atoms with Gasteiger partial charge in [0.15, 0.2) is 10.8 Å². The van der Waals surface area contributed by atoms with Crippen LogP contribution in [0.4, 0.5) is 5.13 Å². The SMILES string of the molecule is C=CC1=C(C(=O)O)N2C(=O)[C@H](NC(=O)/C(=N/OCC(=O)O)c3csc(NC(C)=O)n3)[C@@H]2SC1. The number of oxime groups is 1. The molecule has 0 aliphatic carbocycles. The second-order valence-corrected chi connectivity index (χ2v) is 8.53. The highest BCUT2D eigenvalue weighted by Crippen LogP contribution is 2.40. The lowest BCUT2D eigenvalue weighted by Crippen LogP contribution is -2.71. The van der Waals surface area contributed by atoms with Gasteiger partial charge in [0, 0.05) is 18.1 Å². The van der Waals surface area contributed by atoms with Crippen LogP contribution in [0.1, 0.15) is 12.6 Å². The summed E-state index contributed by atoms with van der Waals surface area (Å²) in [7, 11) is 0. The predicted molar refractivity (Wildman–Crippen MR) is 116 cm³/mol. The van der Waals surface area contributed by atoms with Crippen LogP contribution in [0.5, 0.6) is 0 Å². The summed E-state index contributed by atoms with van der Waals surface area (Å²) in [6.07, 6.45) is 1.37. The summed E-state index contributed by atoms with van der Waals surface area (Å²) in [5.74, 6) is -4.26. The maximum atomic E-state index is 12.9. The fraction of sp³-hybridized carbons (Fsp3) is 0.278. The van der Waals surface area contributed by atoms with Crippen molar-refractivity contribution in [3.63, 3.8) is 0 Å². The molecule has 2 aliphatic heterocycles. The van der Waals surface area contributed by atoms with Crippen molar-refractivity contribution in [2.75, 3.05) is 17.7 Å². The van der Waals surface area contributed by atoms with Gasteiger partial charge in [0.1, 0.15) is 22.8 Å². The zero-order chi connectivity index (χ0) is 24.3. The number of rotatable bonds is 9. The third-order valence-electron chi connectivity index (χ3n) is 4.32. The Morgan fingerprint density at radius 1 is 1.39 bits per heavy atom. The molecule has 0 bridgehead atoms. The van der Waals surface area contributed by atoms with Gasteiger partial charge in [-0.1, -0.05) is 17.8 Å². The van der Waals surface area contributed by atoms with E-state index in [0.717, 1.165) is 16.2 Å². The van der Waals surface area contributed by atoms with E-state index >= 15 is 0 Å². The van der Waals surface area contributed by atoms with E-state index in [1.54, 1.807) is 0 Å². The molecule has 0 spiro atoms. The number of thiazole rings is 1. The first-order valence-electron chi connectivity index (χ1n) is 9.13. The fourth-order valence-electron chi connectivity index (χ4n) is 2.96. The highest BCUT2D eigenvalue weighted by atomic mass is 32.2. The van der Waals surface area contributed by atoms with Gasteiger partial charge in [-0.15, -0.1) is 23.1 Å². The fourth-order valence-corrected chi connectivity index (χ4v) is 5.04. The van der Waals surface area contributed by atoms with E-state index in [0.29, 0.717) is 5.57 Å². The van der Waals surface area contributed by atoms with Gasteiger partial charge >= 0.3 is 11.9 Å². The number of aliphatic carboxylic acids is 2. The third kappa shape index (κ3) is 5.04. The predicted octanol–water partition coefficient (Wildman–Crippen LogP) is -0.169. The molecular formula is C18H17N5O8S2. The molecular weight excluding hydrogens is 478 g/mol. The summed E-state index contributed by atoms with van der Waals surface area (Å²) in [6, 6.07) is -1.05. The summed E-state index contributed by atoms with van der Waals surface area (Å²) < 4.78 is 0. The number of hydrogen-bond donors (Lipinski definition) is 4. The second-order valence-electron chi connectivity index (χ2n) is 6.57. The molecule has 3 heterocycles. The average molecular weight is 495 g/mol. The number of carbonyl (C=O) groups is 5. The smallest absolute Gasteiger partial charge is 0.352 e. The van der Waals surface area contributed by atoms with E-state index in [1.165, 1.54) is 30.1 Å². The molecule has 15 heteroatoms. The first kappa shape index (κ1) is 23.9. The molecule has 1 aromatic rings. The minimum atomic E-state index is -1.33. The van der Waals surface area contributed by atoms with Crippen LogP contribution >= 0.6 is 23.1 Å². The minimum absolute atomic E-state index is 0.0216. The number of thioether (sulfide) groups is 1. The Labute approximate surface area is 194 Å².